The van der Waals surface area contributed by atoms with Gasteiger partial charge in [-0.15, -0.1) is 11.6 Å². The van der Waals surface area contributed by atoms with E-state index < -0.39 is 53.0 Å². The number of aldehydes is 2. The number of halogens is 3. The highest BCUT2D eigenvalue weighted by molar-refractivity contribution is 9.09. The summed E-state index contributed by atoms with van der Waals surface area (Å²) in [6.07, 6.45) is 1.22. The van der Waals surface area contributed by atoms with Crippen LogP contribution in [0.3, 0.4) is 0 Å². The third-order valence-electron chi connectivity index (χ3n) is 17.6. The Kier molecular flexibility index (Phi) is 48.9. The molecule has 1 aliphatic heterocycles. The highest BCUT2D eigenvalue weighted by atomic mass is 79.9. The minimum atomic E-state index is -1.08. The van der Waals surface area contributed by atoms with E-state index in [2.05, 4.69) is 61.0 Å². The Labute approximate surface area is 730 Å². The van der Waals surface area contributed by atoms with Crippen LogP contribution in [0.1, 0.15) is 177 Å². The number of carboxylic acid groups (broad SMARTS) is 1. The van der Waals surface area contributed by atoms with Crippen LogP contribution in [0.25, 0.3) is 0 Å². The van der Waals surface area contributed by atoms with Crippen molar-refractivity contribution in [2.45, 2.75) is 151 Å². The Bertz CT molecular complexity index is 5090. The average Bonchev–Trinajstić information content (AvgIpc) is 1.75. The summed E-state index contributed by atoms with van der Waals surface area (Å²) in [5.74, 6) is -1.73. The van der Waals surface area contributed by atoms with Crippen LogP contribution in [-0.4, -0.2) is 117 Å². The van der Waals surface area contributed by atoms with E-state index in [1.54, 1.807) is 99.6 Å². The van der Waals surface area contributed by atoms with Crippen LogP contribution in [0.2, 0.25) is 0 Å². The number of nitro groups is 7. The Balaban J connectivity index is 0.00000136. The van der Waals surface area contributed by atoms with Gasteiger partial charge < -0.3 is 40.6 Å². The first kappa shape index (κ1) is 110. The maximum Gasteiger partial charge on any atom is 0.335 e. The second-order valence-corrected chi connectivity index (χ2v) is 29.3. The molecule has 0 spiro atoms. The monoisotopic (exact) mass is 1850 g/mol. The van der Waals surface area contributed by atoms with Gasteiger partial charge in [-0.05, 0) is 211 Å². The molecule has 5 unspecified atom stereocenters. The molecule has 9 rings (SSSR count). The number of nitrogens with one attached hydrogen (secondary N) is 1. The number of nitrogen functional groups attached to an aromatic ring is 1. The molecule has 1 amide bonds. The number of alkyl halides is 3. The summed E-state index contributed by atoms with van der Waals surface area (Å²) in [7, 11) is 0. The van der Waals surface area contributed by atoms with Gasteiger partial charge in [0.15, 0.2) is 0 Å². The number of carbonyl (C=O) groups excluding carboxylic acids is 5. The number of hydrogen-bond acceptors (Lipinski definition) is 27. The number of nitriles is 2. The fourth-order valence-corrected chi connectivity index (χ4v) is 11.9. The number of hydrogen-bond donors (Lipinski definition) is 5. The molecular weight excluding hydrogens is 1760 g/mol. The second-order valence-electron chi connectivity index (χ2n) is 27.1. The van der Waals surface area contributed by atoms with Crippen molar-refractivity contribution in [2.24, 2.45) is 0 Å². The van der Waals surface area contributed by atoms with Crippen LogP contribution in [-0.2, 0) is 46.1 Å². The summed E-state index contributed by atoms with van der Waals surface area (Å²) < 4.78 is 9.37. The van der Waals surface area contributed by atoms with Crippen molar-refractivity contribution >= 4 is 125 Å². The zero-order valence-corrected chi connectivity index (χ0v) is 73.9. The number of aliphatic hydroxyl groups excluding tert-OH is 2. The van der Waals surface area contributed by atoms with Crippen LogP contribution in [0, 0.1) is 149 Å². The zero-order valence-electron chi connectivity index (χ0n) is 70.0. The van der Waals surface area contributed by atoms with E-state index >= 15 is 0 Å². The van der Waals surface area contributed by atoms with Crippen molar-refractivity contribution in [1.29, 1.82) is 10.5 Å². The van der Waals surface area contributed by atoms with Crippen LogP contribution in [0.4, 0.5) is 45.5 Å². The predicted molar refractivity (Wildman–Crippen MR) is 467 cm³/mol. The molecule has 1 saturated heterocycles. The first-order valence-electron chi connectivity index (χ1n) is 36.7. The van der Waals surface area contributed by atoms with Crippen LogP contribution in [0.5, 0.6) is 0 Å². The molecule has 0 bridgehead atoms. The third kappa shape index (κ3) is 37.9. The minimum absolute atomic E-state index is 0.0121. The van der Waals surface area contributed by atoms with Gasteiger partial charge in [-0.1, -0.05) is 63.0 Å². The zero-order chi connectivity index (χ0) is 94.5. The molecule has 1 heterocycles. The molecule has 8 aromatic rings. The quantitative estimate of drug-likeness (QED) is 0.0111. The molecule has 123 heavy (non-hydrogen) atoms. The maximum absolute atomic E-state index is 11.6. The average molecular weight is 1860 g/mol. The Morgan fingerprint density at radius 3 is 1.29 bits per heavy atom. The van der Waals surface area contributed by atoms with E-state index in [9.17, 15) is 105 Å². The summed E-state index contributed by atoms with van der Waals surface area (Å²) in [5, 5.41) is 121. The van der Waals surface area contributed by atoms with Gasteiger partial charge in [-0.2, -0.15) is 10.5 Å². The van der Waals surface area contributed by atoms with E-state index in [1.807, 2.05) is 39.0 Å². The molecule has 6 N–H and O–H groups in total. The number of amides is 1. The smallest absolute Gasteiger partial charge is 0.335 e. The molecule has 36 nitrogen and oxygen atoms in total. The number of carbonyl (C=O) groups is 6. The topological polar surface area (TPSA) is 569 Å². The van der Waals surface area contributed by atoms with Gasteiger partial charge >= 0.3 is 17.9 Å². The highest BCUT2D eigenvalue weighted by Gasteiger charge is 2.37. The fourth-order valence-electron chi connectivity index (χ4n) is 11.3. The third-order valence-corrected chi connectivity index (χ3v) is 18.6. The van der Waals surface area contributed by atoms with Crippen LogP contribution < -0.4 is 11.1 Å². The number of non-ortho nitro benzene ring substituents is 7. The number of aryl methyl sites for hydroxylation is 8. The molecule has 8 aromatic carbocycles. The molecule has 39 heteroatoms. The van der Waals surface area contributed by atoms with Gasteiger partial charge in [-0.25, -0.2) is 4.79 Å². The summed E-state index contributed by atoms with van der Waals surface area (Å²) in [5.41, 5.74) is 17.3. The minimum Gasteiger partial charge on any atom is -0.478 e. The number of rotatable bonds is 21. The molecule has 1 aliphatic rings. The largest absolute Gasteiger partial charge is 0.478 e. The first-order valence-corrected chi connectivity index (χ1v) is 39.2. The lowest BCUT2D eigenvalue weighted by molar-refractivity contribution is -0.385. The van der Waals surface area contributed by atoms with Crippen molar-refractivity contribution in [2.75, 3.05) is 36.7 Å². The first-order chi connectivity index (χ1) is 57.5. The van der Waals surface area contributed by atoms with Crippen LogP contribution in [0.15, 0.2) is 146 Å². The lowest BCUT2D eigenvalue weighted by Gasteiger charge is -2.24. The number of nitro benzene ring substituents is 7. The lowest BCUT2D eigenvalue weighted by Crippen LogP contribution is -2.26. The molecule has 0 saturated carbocycles. The highest BCUT2D eigenvalue weighted by Crippen LogP contribution is 2.35. The normalized spacial score (nSPS) is 12.8. The Morgan fingerprint density at radius 1 is 0.585 bits per heavy atom. The fraction of sp³-hybridized carbons (Fsp3) is 0.333. The SMILES string of the molecule is CCOC(=O)CBr.CCOC(=O)CC(C)(C#N)c1ccc([N+](=O)[O-])cc1C.Cc1cc(N)ccc1C1(C)CNC(=O)C1.Cc1cc([N+](=O)[O-])ccc1C(=O)O.Cc1cc([N+](=O)[O-])ccc1C(C)Br.Cc1cc([N+](=O)[O-])ccc1C(C)C#N.Cc1cc([N+](=O)[O-])ccc1C(C)O.Cc1cc([N+](=O)[O-])ccc1C=O.Cc1cc([N+](=O)[O-])ccc1CO.O=CCCl. The predicted octanol–water partition coefficient (Wildman–Crippen LogP) is 17.9. The van der Waals surface area contributed by atoms with Gasteiger partial charge in [0.05, 0.1) is 102 Å². The van der Waals surface area contributed by atoms with Crippen molar-refractivity contribution in [1.82, 2.24) is 5.32 Å². The van der Waals surface area contributed by atoms with E-state index in [0.29, 0.717) is 58.7 Å². The maximum atomic E-state index is 11.6. The lowest BCUT2D eigenvalue weighted by atomic mass is 9.78. The van der Waals surface area contributed by atoms with E-state index in [0.717, 1.165) is 62.3 Å². The number of esters is 2. The molecule has 0 radical (unpaired) electrons. The number of carboxylic acids is 1. The molecule has 0 aromatic heterocycles. The Hall–Kier alpha value is -13.3. The van der Waals surface area contributed by atoms with Crippen molar-refractivity contribution in [3.05, 3.63) is 305 Å². The van der Waals surface area contributed by atoms with E-state index in [1.165, 1.54) is 110 Å². The van der Waals surface area contributed by atoms with Crippen molar-refractivity contribution in [3.8, 4) is 12.1 Å². The van der Waals surface area contributed by atoms with E-state index in [-0.39, 0.29) is 104 Å². The van der Waals surface area contributed by atoms with Gasteiger partial charge in [0.2, 0.25) is 5.91 Å². The standard InChI is InChI=1S/C14H16N2O4.C12H16N2O.C10H10N2O2.C9H10BrNO2.C9H11NO3.C8H7NO4.C8H9NO3.C8H7NO3.C4H7BrO2.C2H3ClO/c1-4-20-13(17)8-14(3,9-15)12-6-5-11(16(18)19)7-10(12)2;1-8-5-9(13)3-4-10(8)12(2)6-11(15)14-7-12;1-7-5-9(12(13)14)3-4-10(7)8(2)6-11;1-6-5-8(11(12)13)3-4-9(6)7(2)10;1-6-5-8(10(12)13)3-4-9(6)7(2)11;1-5-4-6(9(12)13)2-3-7(5)8(10)11;2*1-6-4-8(9(11)12)3-2-7(6)5-10;1-2-7-4(6)3-5;3-1-2-4/h5-7H,4,8H2,1-3H3;3-5H,6-7,13H2,1-2H3,(H,14,15);3-5,8H,1-2H3;3-5,7H,1-2H3;3-5,7,11H,1-2H3;2-4H,1H3,(H,10,11);2-4,10H,5H2,1H3;2-5H,1H3;2-3H2,1H3;2H,1H2. The molecule has 658 valence electrons. The summed E-state index contributed by atoms with van der Waals surface area (Å²) in [6.45, 7) is 28.0. The number of nitrogens with two attached hydrogens (primary N) is 1. The number of anilines is 1. The summed E-state index contributed by atoms with van der Waals surface area (Å²) >= 11 is 11.2. The Morgan fingerprint density at radius 2 is 0.976 bits per heavy atom. The van der Waals surface area contributed by atoms with Crippen molar-refractivity contribution in [3.63, 3.8) is 0 Å². The molecule has 5 atom stereocenters. The van der Waals surface area contributed by atoms with E-state index in [4.69, 9.17) is 42.3 Å². The number of aromatic carboxylic acids is 1. The number of ether oxygens (including phenoxy) is 2. The molecule has 0 aliphatic carbocycles. The number of nitrogens with zero attached hydrogens (tertiary/aromatic N) is 9. The van der Waals surface area contributed by atoms with Crippen molar-refractivity contribution < 1.29 is 88.0 Å². The van der Waals surface area contributed by atoms with Gasteiger partial charge in [0.1, 0.15) is 17.9 Å². The molecular formula is C84H96Br2ClN11O25. The summed E-state index contributed by atoms with van der Waals surface area (Å²) in [4.78, 5) is 133. The van der Waals surface area contributed by atoms with Gasteiger partial charge in [0.25, 0.3) is 39.8 Å². The number of aliphatic hydroxyl groups is 2. The molecule has 1 fully saturated rings. The number of benzene rings is 8. The summed E-state index contributed by atoms with van der Waals surface area (Å²) in [6, 6.07) is 40.4. The second kappa shape index (κ2) is 54.8. The van der Waals surface area contributed by atoms with Crippen LogP contribution >= 0.6 is 43.5 Å². The van der Waals surface area contributed by atoms with Gasteiger partial charge in [0, 0.05) is 119 Å². The van der Waals surface area contributed by atoms with Gasteiger partial charge in [-0.3, -0.25) is 90.0 Å².